The zero-order valence-electron chi connectivity index (χ0n) is 15.9. The molecule has 158 valence electrons. The molecule has 0 radical (unpaired) electrons. The van der Waals surface area contributed by atoms with Crippen LogP contribution >= 0.6 is 50.9 Å². The Morgan fingerprint density at radius 1 is 1.21 bits per heavy atom. The van der Waals surface area contributed by atoms with E-state index in [9.17, 15) is 13.2 Å². The van der Waals surface area contributed by atoms with Crippen LogP contribution in [0.3, 0.4) is 0 Å². The lowest BCUT2D eigenvalue weighted by Gasteiger charge is -2.22. The first-order valence-electron chi connectivity index (χ1n) is 8.60. The highest BCUT2D eigenvalue weighted by Crippen LogP contribution is 2.25. The van der Waals surface area contributed by atoms with E-state index in [-0.39, 0.29) is 12.5 Å². The average Bonchev–Trinajstić information content (AvgIpc) is 2.62. The highest BCUT2D eigenvalue weighted by Gasteiger charge is 2.21. The maximum atomic E-state index is 12.3. The summed E-state index contributed by atoms with van der Waals surface area (Å²) in [5.74, 6) is 1.00. The smallest absolute Gasteiger partial charge is 0.240 e. The van der Waals surface area contributed by atoms with Crippen LogP contribution in [-0.4, -0.2) is 39.4 Å². The number of halogens is 3. The van der Waals surface area contributed by atoms with E-state index in [1.807, 2.05) is 13.0 Å². The van der Waals surface area contributed by atoms with Crippen molar-refractivity contribution in [1.82, 2.24) is 5.32 Å². The Bertz CT molecular complexity index is 987. The lowest BCUT2D eigenvalue weighted by Crippen LogP contribution is -2.41. The van der Waals surface area contributed by atoms with Crippen LogP contribution in [0.4, 0.5) is 5.69 Å². The fraction of sp³-hybridized carbons (Fsp3) is 0.316. The predicted molar refractivity (Wildman–Crippen MR) is 127 cm³/mol. The molecule has 5 nitrogen and oxygen atoms in total. The Kier molecular flexibility index (Phi) is 9.15. The molecule has 0 bridgehead atoms. The van der Waals surface area contributed by atoms with Crippen molar-refractivity contribution in [3.8, 4) is 0 Å². The third-order valence-electron chi connectivity index (χ3n) is 3.96. The third-order valence-corrected chi connectivity index (χ3v) is 7.58. The van der Waals surface area contributed by atoms with Gasteiger partial charge in [0.2, 0.25) is 15.9 Å². The molecule has 2 rings (SSSR count). The Morgan fingerprint density at radius 3 is 2.55 bits per heavy atom. The molecule has 0 aliphatic heterocycles. The average molecular weight is 540 g/mol. The van der Waals surface area contributed by atoms with E-state index in [4.69, 9.17) is 23.2 Å². The Morgan fingerprint density at radius 2 is 1.93 bits per heavy atom. The summed E-state index contributed by atoms with van der Waals surface area (Å²) in [6.45, 7) is 2.01. The van der Waals surface area contributed by atoms with E-state index >= 15 is 0 Å². The molecule has 0 aliphatic carbocycles. The highest BCUT2D eigenvalue weighted by molar-refractivity contribution is 9.10. The van der Waals surface area contributed by atoms with Crippen LogP contribution in [0.5, 0.6) is 0 Å². The molecule has 29 heavy (non-hydrogen) atoms. The summed E-state index contributed by atoms with van der Waals surface area (Å²) >= 11 is 17.0. The van der Waals surface area contributed by atoms with E-state index in [1.165, 1.54) is 0 Å². The fourth-order valence-corrected chi connectivity index (χ4v) is 4.97. The molecule has 2 aromatic rings. The van der Waals surface area contributed by atoms with E-state index in [2.05, 4.69) is 21.2 Å². The van der Waals surface area contributed by atoms with Gasteiger partial charge in [0.1, 0.15) is 6.54 Å². The zero-order valence-corrected chi connectivity index (χ0v) is 20.6. The van der Waals surface area contributed by atoms with Crippen molar-refractivity contribution in [3.05, 3.63) is 62.0 Å². The minimum absolute atomic E-state index is 0.270. The van der Waals surface area contributed by atoms with Crippen LogP contribution in [0.15, 0.2) is 40.9 Å². The predicted octanol–water partition coefficient (Wildman–Crippen LogP) is 4.88. The number of amides is 1. The van der Waals surface area contributed by atoms with E-state index in [1.54, 1.807) is 42.1 Å². The highest BCUT2D eigenvalue weighted by atomic mass is 79.9. The standard InChI is InChI=1S/C19H21BrCl2N2O3S2/c1-13-9-16(5-6-17(13)20)24(29(2,26)27)11-19(25)23-7-8-28-12-14-3-4-15(21)10-18(14)22/h3-6,9-10H,7-8,11-12H2,1-2H3,(H,23,25). The minimum atomic E-state index is -3.60. The van der Waals surface area contributed by atoms with Crippen LogP contribution in [0.1, 0.15) is 11.1 Å². The number of rotatable bonds is 9. The molecule has 0 aromatic heterocycles. The van der Waals surface area contributed by atoms with Crippen molar-refractivity contribution in [2.24, 2.45) is 0 Å². The molecular formula is C19H21BrCl2N2O3S2. The number of nitrogens with zero attached hydrogens (tertiary/aromatic N) is 1. The topological polar surface area (TPSA) is 66.5 Å². The largest absolute Gasteiger partial charge is 0.354 e. The first-order chi connectivity index (χ1) is 13.6. The first kappa shape index (κ1) is 24.3. The van der Waals surface area contributed by atoms with Gasteiger partial charge in [0, 0.05) is 32.6 Å². The number of carbonyl (C=O) groups excluding carboxylic acids is 1. The molecule has 0 aliphatic rings. The SMILES string of the molecule is Cc1cc(N(CC(=O)NCCSCc2ccc(Cl)cc2Cl)S(C)(=O)=O)ccc1Br. The fourth-order valence-electron chi connectivity index (χ4n) is 2.45. The van der Waals surface area contributed by atoms with Gasteiger partial charge < -0.3 is 5.32 Å². The summed E-state index contributed by atoms with van der Waals surface area (Å²) in [6.07, 6.45) is 1.09. The second-order valence-electron chi connectivity index (χ2n) is 6.34. The number of carbonyl (C=O) groups is 1. The maximum Gasteiger partial charge on any atom is 0.240 e. The normalized spacial score (nSPS) is 11.3. The molecule has 10 heteroatoms. The number of hydrogen-bond acceptors (Lipinski definition) is 4. The Balaban J connectivity index is 1.86. The molecule has 0 atom stereocenters. The molecule has 0 spiro atoms. The molecule has 0 unspecified atom stereocenters. The van der Waals surface area contributed by atoms with Crippen molar-refractivity contribution >= 4 is 72.5 Å². The summed E-state index contributed by atoms with van der Waals surface area (Å²) in [7, 11) is -3.60. The molecule has 0 saturated carbocycles. The number of thioether (sulfide) groups is 1. The van der Waals surface area contributed by atoms with Crippen molar-refractivity contribution in [2.45, 2.75) is 12.7 Å². The zero-order chi connectivity index (χ0) is 21.6. The quantitative estimate of drug-likeness (QED) is 0.461. The van der Waals surface area contributed by atoms with Gasteiger partial charge in [-0.25, -0.2) is 8.42 Å². The van der Waals surface area contributed by atoms with Crippen LogP contribution in [-0.2, 0) is 20.6 Å². The van der Waals surface area contributed by atoms with Gasteiger partial charge in [0.25, 0.3) is 0 Å². The maximum absolute atomic E-state index is 12.3. The van der Waals surface area contributed by atoms with Crippen molar-refractivity contribution in [1.29, 1.82) is 0 Å². The molecule has 0 saturated heterocycles. The van der Waals surface area contributed by atoms with Gasteiger partial charge in [-0.15, -0.1) is 0 Å². The number of hydrogen-bond donors (Lipinski definition) is 1. The van der Waals surface area contributed by atoms with Crippen molar-refractivity contribution in [2.75, 3.05) is 29.4 Å². The van der Waals surface area contributed by atoms with Gasteiger partial charge in [0.15, 0.2) is 0 Å². The molecule has 0 heterocycles. The van der Waals surface area contributed by atoms with Crippen LogP contribution in [0.25, 0.3) is 0 Å². The molecular weight excluding hydrogens is 519 g/mol. The van der Waals surface area contributed by atoms with Crippen molar-refractivity contribution < 1.29 is 13.2 Å². The van der Waals surface area contributed by atoms with E-state index in [0.29, 0.717) is 33.8 Å². The number of benzene rings is 2. The minimum Gasteiger partial charge on any atom is -0.354 e. The molecule has 2 aromatic carbocycles. The van der Waals surface area contributed by atoms with E-state index in [0.717, 1.165) is 26.2 Å². The summed E-state index contributed by atoms with van der Waals surface area (Å²) in [5, 5.41) is 3.97. The number of anilines is 1. The molecule has 1 N–H and O–H groups in total. The lowest BCUT2D eigenvalue weighted by molar-refractivity contribution is -0.119. The third kappa shape index (κ3) is 7.68. The lowest BCUT2D eigenvalue weighted by atomic mass is 10.2. The van der Waals surface area contributed by atoms with Crippen LogP contribution < -0.4 is 9.62 Å². The number of aryl methyl sites for hydroxylation is 1. The van der Waals surface area contributed by atoms with Crippen molar-refractivity contribution in [3.63, 3.8) is 0 Å². The van der Waals surface area contributed by atoms with Gasteiger partial charge in [-0.3, -0.25) is 9.10 Å². The van der Waals surface area contributed by atoms with Gasteiger partial charge in [0.05, 0.1) is 11.9 Å². The van der Waals surface area contributed by atoms with Crippen LogP contribution in [0.2, 0.25) is 10.0 Å². The molecule has 1 amide bonds. The summed E-state index contributed by atoms with van der Waals surface area (Å²) in [6, 6.07) is 10.5. The number of sulfonamides is 1. The van der Waals surface area contributed by atoms with Gasteiger partial charge in [-0.1, -0.05) is 45.2 Å². The van der Waals surface area contributed by atoms with Crippen LogP contribution in [0, 0.1) is 6.92 Å². The Hall–Kier alpha value is -0.930. The van der Waals surface area contributed by atoms with Gasteiger partial charge in [-0.2, -0.15) is 11.8 Å². The second kappa shape index (κ2) is 10.9. The Labute approximate surface area is 194 Å². The second-order valence-corrected chi connectivity index (χ2v) is 11.1. The summed E-state index contributed by atoms with van der Waals surface area (Å²) in [5.41, 5.74) is 2.31. The number of nitrogens with one attached hydrogen (secondary N) is 1. The summed E-state index contributed by atoms with van der Waals surface area (Å²) in [4.78, 5) is 12.3. The van der Waals surface area contributed by atoms with E-state index < -0.39 is 10.0 Å². The first-order valence-corrected chi connectivity index (χ1v) is 13.2. The monoisotopic (exact) mass is 538 g/mol. The summed E-state index contributed by atoms with van der Waals surface area (Å²) < 4.78 is 26.3. The van der Waals surface area contributed by atoms with Gasteiger partial charge in [-0.05, 0) is 48.4 Å². The molecule has 0 fully saturated rings. The van der Waals surface area contributed by atoms with Gasteiger partial charge >= 0.3 is 0 Å².